The molecule has 2 heteroatoms. The quantitative estimate of drug-likeness (QED) is 0.829. The van der Waals surface area contributed by atoms with Gasteiger partial charge in [0.05, 0.1) is 0 Å². The van der Waals surface area contributed by atoms with Crippen LogP contribution in [0.1, 0.15) is 61.3 Å². The number of hydrogen-bond acceptors (Lipinski definition) is 2. The molecule has 2 atom stereocenters. The van der Waals surface area contributed by atoms with Gasteiger partial charge in [-0.05, 0) is 44.6 Å². The van der Waals surface area contributed by atoms with E-state index in [1.807, 2.05) is 0 Å². The summed E-state index contributed by atoms with van der Waals surface area (Å²) in [7, 11) is 0. The lowest BCUT2D eigenvalue weighted by Crippen LogP contribution is -2.48. The highest BCUT2D eigenvalue weighted by Gasteiger charge is 2.35. The molecule has 0 amide bonds. The van der Waals surface area contributed by atoms with E-state index in [4.69, 9.17) is 0 Å². The van der Waals surface area contributed by atoms with Crippen molar-refractivity contribution in [2.45, 2.75) is 79.4 Å². The van der Waals surface area contributed by atoms with Crippen LogP contribution in [-0.2, 0) is 0 Å². The van der Waals surface area contributed by atoms with Crippen molar-refractivity contribution in [1.82, 2.24) is 10.2 Å². The van der Waals surface area contributed by atoms with Crippen LogP contribution in [0.15, 0.2) is 0 Å². The van der Waals surface area contributed by atoms with Crippen LogP contribution in [0.2, 0.25) is 0 Å². The lowest BCUT2D eigenvalue weighted by Gasteiger charge is -2.40. The maximum Gasteiger partial charge on any atom is 0.0115 e. The lowest BCUT2D eigenvalue weighted by molar-refractivity contribution is 0.113. The van der Waals surface area contributed by atoms with Crippen LogP contribution >= 0.6 is 0 Å². The average molecular weight is 254 g/mol. The molecule has 2 nitrogen and oxygen atoms in total. The third kappa shape index (κ3) is 4.55. The Kier molecular flexibility index (Phi) is 5.67. The highest BCUT2D eigenvalue weighted by molar-refractivity contribution is 4.91. The van der Waals surface area contributed by atoms with Crippen molar-refractivity contribution in [3.8, 4) is 0 Å². The normalized spacial score (nSPS) is 27.8. The van der Waals surface area contributed by atoms with Crippen molar-refractivity contribution in [2.75, 3.05) is 13.1 Å². The number of nitrogens with one attached hydrogen (secondary N) is 1. The molecule has 1 aliphatic rings. The van der Waals surface area contributed by atoms with Gasteiger partial charge in [0.1, 0.15) is 0 Å². The molecule has 0 bridgehead atoms. The van der Waals surface area contributed by atoms with Crippen LogP contribution in [0, 0.1) is 11.3 Å². The fourth-order valence-corrected chi connectivity index (χ4v) is 3.16. The van der Waals surface area contributed by atoms with Crippen LogP contribution in [0.3, 0.4) is 0 Å². The van der Waals surface area contributed by atoms with Crippen molar-refractivity contribution in [3.63, 3.8) is 0 Å². The zero-order valence-electron chi connectivity index (χ0n) is 13.6. The molecule has 0 aromatic rings. The largest absolute Gasteiger partial charge is 0.311 e. The van der Waals surface area contributed by atoms with Crippen LogP contribution in [-0.4, -0.2) is 36.1 Å². The molecule has 1 N–H and O–H groups in total. The van der Waals surface area contributed by atoms with E-state index in [0.717, 1.165) is 5.92 Å². The Morgan fingerprint density at radius 2 is 1.72 bits per heavy atom. The maximum absolute atomic E-state index is 3.81. The van der Waals surface area contributed by atoms with Gasteiger partial charge >= 0.3 is 0 Å². The molecule has 1 heterocycles. The van der Waals surface area contributed by atoms with E-state index in [-0.39, 0.29) is 0 Å². The van der Waals surface area contributed by atoms with Gasteiger partial charge < -0.3 is 10.2 Å². The molecule has 0 radical (unpaired) electrons. The van der Waals surface area contributed by atoms with Crippen LogP contribution in [0.5, 0.6) is 0 Å². The summed E-state index contributed by atoms with van der Waals surface area (Å²) in [6.07, 6.45) is 2.65. The number of nitrogens with zero attached hydrogens (tertiary/aromatic N) is 1. The second-order valence-corrected chi connectivity index (χ2v) is 7.63. The van der Waals surface area contributed by atoms with Gasteiger partial charge in [0.2, 0.25) is 0 Å². The zero-order chi connectivity index (χ0) is 13.9. The van der Waals surface area contributed by atoms with Gasteiger partial charge in [0.15, 0.2) is 0 Å². The molecule has 1 rings (SSSR count). The highest BCUT2D eigenvalue weighted by atomic mass is 15.2. The van der Waals surface area contributed by atoms with E-state index < -0.39 is 0 Å². The van der Waals surface area contributed by atoms with E-state index in [1.54, 1.807) is 0 Å². The van der Waals surface area contributed by atoms with Crippen molar-refractivity contribution < 1.29 is 0 Å². The van der Waals surface area contributed by atoms with E-state index in [2.05, 4.69) is 58.7 Å². The van der Waals surface area contributed by atoms with Gasteiger partial charge in [-0.25, -0.2) is 0 Å². The van der Waals surface area contributed by atoms with E-state index in [9.17, 15) is 0 Å². The van der Waals surface area contributed by atoms with Gasteiger partial charge in [-0.3, -0.25) is 0 Å². The van der Waals surface area contributed by atoms with E-state index >= 15 is 0 Å². The predicted molar refractivity (Wildman–Crippen MR) is 80.9 cm³/mol. The van der Waals surface area contributed by atoms with Crippen molar-refractivity contribution in [1.29, 1.82) is 0 Å². The van der Waals surface area contributed by atoms with Gasteiger partial charge in [-0.1, -0.05) is 34.6 Å². The number of likely N-dealkylation sites (tertiary alicyclic amines) is 1. The fourth-order valence-electron chi connectivity index (χ4n) is 3.16. The Morgan fingerprint density at radius 3 is 2.17 bits per heavy atom. The Balaban J connectivity index is 2.83. The van der Waals surface area contributed by atoms with Gasteiger partial charge in [-0.15, -0.1) is 0 Å². The van der Waals surface area contributed by atoms with E-state index in [1.165, 1.54) is 25.9 Å². The molecule has 0 saturated carbocycles. The van der Waals surface area contributed by atoms with Crippen molar-refractivity contribution >= 4 is 0 Å². The molecule has 1 fully saturated rings. The minimum absolute atomic E-state index is 0.379. The summed E-state index contributed by atoms with van der Waals surface area (Å²) in [6.45, 7) is 18.9. The minimum Gasteiger partial charge on any atom is -0.311 e. The summed E-state index contributed by atoms with van der Waals surface area (Å²) in [5.74, 6) is 0.741. The SMILES string of the molecule is CC(C)NC1CCCN(C(C)C)C[C@@H]1C(C)(C)C. The fraction of sp³-hybridized carbons (Fsp3) is 1.00. The average Bonchev–Trinajstić information content (AvgIpc) is 2.38. The number of hydrogen-bond donors (Lipinski definition) is 1. The Morgan fingerprint density at radius 1 is 1.11 bits per heavy atom. The monoisotopic (exact) mass is 254 g/mol. The summed E-state index contributed by atoms with van der Waals surface area (Å²) >= 11 is 0. The highest BCUT2D eigenvalue weighted by Crippen LogP contribution is 2.34. The molecule has 0 spiro atoms. The molecule has 0 aliphatic carbocycles. The van der Waals surface area contributed by atoms with Gasteiger partial charge in [0, 0.05) is 24.7 Å². The second kappa shape index (κ2) is 6.38. The standard InChI is InChI=1S/C16H34N2/c1-12(2)17-15-9-8-10-18(13(3)4)11-14(15)16(5,6)7/h12-15,17H,8-11H2,1-7H3/t14-,15?/m0/s1. The Hall–Kier alpha value is -0.0800. The smallest absolute Gasteiger partial charge is 0.0115 e. The first-order chi connectivity index (χ1) is 8.21. The maximum atomic E-state index is 3.81. The third-order valence-electron chi connectivity index (χ3n) is 4.27. The molecule has 1 aliphatic heterocycles. The summed E-state index contributed by atoms with van der Waals surface area (Å²) < 4.78 is 0. The van der Waals surface area contributed by atoms with Gasteiger partial charge in [0.25, 0.3) is 0 Å². The topological polar surface area (TPSA) is 15.3 Å². The minimum atomic E-state index is 0.379. The second-order valence-electron chi connectivity index (χ2n) is 7.63. The summed E-state index contributed by atoms with van der Waals surface area (Å²) in [4.78, 5) is 2.66. The van der Waals surface area contributed by atoms with E-state index in [0.29, 0.717) is 23.5 Å². The molecular weight excluding hydrogens is 220 g/mol. The molecule has 108 valence electrons. The van der Waals surface area contributed by atoms with Crippen molar-refractivity contribution in [2.24, 2.45) is 11.3 Å². The van der Waals surface area contributed by atoms with Gasteiger partial charge in [-0.2, -0.15) is 0 Å². The molecular formula is C16H34N2. The first-order valence-electron chi connectivity index (χ1n) is 7.72. The molecule has 1 unspecified atom stereocenters. The van der Waals surface area contributed by atoms with Crippen LogP contribution in [0.4, 0.5) is 0 Å². The lowest BCUT2D eigenvalue weighted by atomic mass is 9.75. The summed E-state index contributed by atoms with van der Waals surface area (Å²) in [5, 5.41) is 3.81. The third-order valence-corrected chi connectivity index (χ3v) is 4.27. The molecule has 1 saturated heterocycles. The first kappa shape index (κ1) is 16.0. The van der Waals surface area contributed by atoms with Crippen LogP contribution < -0.4 is 5.32 Å². The zero-order valence-corrected chi connectivity index (χ0v) is 13.6. The first-order valence-corrected chi connectivity index (χ1v) is 7.72. The Labute approximate surface area is 115 Å². The molecule has 18 heavy (non-hydrogen) atoms. The van der Waals surface area contributed by atoms with Crippen molar-refractivity contribution in [3.05, 3.63) is 0 Å². The summed E-state index contributed by atoms with van der Waals surface area (Å²) in [5.41, 5.74) is 0.379. The predicted octanol–water partition coefficient (Wildman–Crippen LogP) is 3.52. The van der Waals surface area contributed by atoms with Crippen LogP contribution in [0.25, 0.3) is 0 Å². The Bertz CT molecular complexity index is 240. The number of rotatable bonds is 3. The molecule has 0 aromatic carbocycles. The summed E-state index contributed by atoms with van der Waals surface area (Å²) in [6, 6.07) is 1.94. The molecule has 0 aromatic heterocycles.